The fraction of sp³-hybridized carbons (Fsp3) is 0.368. The number of aryl methyl sites for hydroxylation is 1. The van der Waals surface area contributed by atoms with Crippen molar-refractivity contribution in [1.82, 2.24) is 0 Å². The molecule has 1 amide bonds. The molecule has 8 heteroatoms. The Balaban J connectivity index is 2.38. The van der Waals surface area contributed by atoms with E-state index in [9.17, 15) is 9.59 Å². The van der Waals surface area contributed by atoms with E-state index >= 15 is 0 Å². The van der Waals surface area contributed by atoms with Gasteiger partial charge < -0.3 is 19.5 Å². The number of anilines is 1. The van der Waals surface area contributed by atoms with Gasteiger partial charge in [-0.1, -0.05) is 11.6 Å². The Kier molecular flexibility index (Phi) is 6.73. The van der Waals surface area contributed by atoms with Crippen molar-refractivity contribution in [2.24, 2.45) is 0 Å². The van der Waals surface area contributed by atoms with Crippen molar-refractivity contribution in [2.75, 3.05) is 19.5 Å². The summed E-state index contributed by atoms with van der Waals surface area (Å²) in [5.41, 5.74) is 1.41. The van der Waals surface area contributed by atoms with E-state index in [1.807, 2.05) is 27.7 Å². The van der Waals surface area contributed by atoms with E-state index in [1.54, 1.807) is 6.07 Å². The molecule has 146 valence electrons. The normalized spacial score (nSPS) is 10.7. The first-order valence-corrected chi connectivity index (χ1v) is 9.42. The molecular formula is C19H22ClNO5S. The van der Waals surface area contributed by atoms with Gasteiger partial charge in [0.1, 0.15) is 5.00 Å². The summed E-state index contributed by atoms with van der Waals surface area (Å²) in [6.07, 6.45) is -0.101. The van der Waals surface area contributed by atoms with E-state index in [0.29, 0.717) is 22.1 Å². The molecule has 0 aliphatic heterocycles. The highest BCUT2D eigenvalue weighted by Gasteiger charge is 2.23. The summed E-state index contributed by atoms with van der Waals surface area (Å²) in [4.78, 5) is 25.7. The van der Waals surface area contributed by atoms with Crippen molar-refractivity contribution in [2.45, 2.75) is 33.8 Å². The molecule has 2 aromatic rings. The molecule has 0 atom stereocenters. The monoisotopic (exact) mass is 411 g/mol. The van der Waals surface area contributed by atoms with E-state index < -0.39 is 11.9 Å². The number of benzene rings is 1. The molecule has 0 bridgehead atoms. The second-order valence-electron chi connectivity index (χ2n) is 6.09. The minimum atomic E-state index is -0.497. The first-order valence-electron chi connectivity index (χ1n) is 8.23. The standard InChI is InChI=1S/C19H22ClNO5S/c1-9(2)26-16-13(20)7-12(8-14(16)24-5)17(22)21-18-15(19(23)25-6)10(3)11(4)27-18/h7-9H,1-6H3,(H,21,22). The van der Waals surface area contributed by atoms with Crippen LogP contribution in [0.5, 0.6) is 11.5 Å². The maximum Gasteiger partial charge on any atom is 0.341 e. The third-order valence-electron chi connectivity index (χ3n) is 3.85. The van der Waals surface area contributed by atoms with Crippen LogP contribution >= 0.6 is 22.9 Å². The zero-order valence-corrected chi connectivity index (χ0v) is 17.6. The van der Waals surface area contributed by atoms with Gasteiger partial charge >= 0.3 is 5.97 Å². The molecule has 0 fully saturated rings. The molecule has 1 aromatic heterocycles. The first kappa shape index (κ1) is 21.1. The molecule has 0 saturated heterocycles. The lowest BCUT2D eigenvalue weighted by Crippen LogP contribution is -2.15. The number of ether oxygens (including phenoxy) is 3. The van der Waals surface area contributed by atoms with Gasteiger partial charge in [0.15, 0.2) is 11.5 Å². The van der Waals surface area contributed by atoms with Crippen LogP contribution in [0.3, 0.4) is 0 Å². The molecule has 0 aliphatic rings. The van der Waals surface area contributed by atoms with Gasteiger partial charge in [-0.05, 0) is 45.4 Å². The van der Waals surface area contributed by atoms with E-state index in [2.05, 4.69) is 5.32 Å². The molecule has 0 saturated carbocycles. The quantitative estimate of drug-likeness (QED) is 0.687. The molecule has 2 rings (SSSR count). The number of esters is 1. The van der Waals surface area contributed by atoms with Gasteiger partial charge in [-0.3, -0.25) is 4.79 Å². The van der Waals surface area contributed by atoms with Crippen LogP contribution in [-0.4, -0.2) is 32.2 Å². The first-order chi connectivity index (χ1) is 12.7. The topological polar surface area (TPSA) is 73.9 Å². The average molecular weight is 412 g/mol. The predicted octanol–water partition coefficient (Wildman–Crippen LogP) is 4.85. The summed E-state index contributed by atoms with van der Waals surface area (Å²) in [5.74, 6) is -0.182. The number of nitrogens with one attached hydrogen (secondary N) is 1. The Bertz CT molecular complexity index is 875. The third kappa shape index (κ3) is 4.54. The Hall–Kier alpha value is -2.25. The second-order valence-corrected chi connectivity index (χ2v) is 7.72. The number of carbonyl (C=O) groups excluding carboxylic acids is 2. The zero-order chi connectivity index (χ0) is 20.3. The summed E-state index contributed by atoms with van der Waals surface area (Å²) in [6, 6.07) is 3.05. The Morgan fingerprint density at radius 3 is 2.41 bits per heavy atom. The minimum absolute atomic E-state index is 0.101. The average Bonchev–Trinajstić information content (AvgIpc) is 2.89. The van der Waals surface area contributed by atoms with Crippen LogP contribution in [0.4, 0.5) is 5.00 Å². The molecule has 1 heterocycles. The van der Waals surface area contributed by atoms with Gasteiger partial charge in [0.05, 0.1) is 30.9 Å². The summed E-state index contributed by atoms with van der Waals surface area (Å²) < 4.78 is 15.8. The SMILES string of the molecule is COC(=O)c1c(NC(=O)c2cc(Cl)c(OC(C)C)c(OC)c2)sc(C)c1C. The van der Waals surface area contributed by atoms with Gasteiger partial charge in [-0.15, -0.1) is 11.3 Å². The molecule has 27 heavy (non-hydrogen) atoms. The highest BCUT2D eigenvalue weighted by atomic mass is 35.5. The van der Waals surface area contributed by atoms with Gasteiger partial charge in [-0.25, -0.2) is 4.79 Å². The van der Waals surface area contributed by atoms with Crippen molar-refractivity contribution >= 4 is 39.8 Å². The molecule has 1 aromatic carbocycles. The smallest absolute Gasteiger partial charge is 0.341 e. The summed E-state index contributed by atoms with van der Waals surface area (Å²) in [7, 11) is 2.78. The van der Waals surface area contributed by atoms with Crippen LogP contribution in [-0.2, 0) is 4.74 Å². The lowest BCUT2D eigenvalue weighted by atomic mass is 10.1. The Morgan fingerprint density at radius 2 is 1.85 bits per heavy atom. The largest absolute Gasteiger partial charge is 0.493 e. The highest BCUT2D eigenvalue weighted by Crippen LogP contribution is 2.38. The summed E-state index contributed by atoms with van der Waals surface area (Å²) >= 11 is 7.59. The van der Waals surface area contributed by atoms with Crippen LogP contribution < -0.4 is 14.8 Å². The summed E-state index contributed by atoms with van der Waals surface area (Å²) in [5, 5.41) is 3.46. The molecule has 0 aliphatic carbocycles. The van der Waals surface area contributed by atoms with E-state index in [-0.39, 0.29) is 16.7 Å². The molecule has 0 spiro atoms. The van der Waals surface area contributed by atoms with Crippen LogP contribution in [0.2, 0.25) is 5.02 Å². The molecule has 6 nitrogen and oxygen atoms in total. The molecule has 1 N–H and O–H groups in total. The maximum atomic E-state index is 12.7. The van der Waals surface area contributed by atoms with Crippen LogP contribution in [0.15, 0.2) is 12.1 Å². The third-order valence-corrected chi connectivity index (χ3v) is 5.25. The Labute approximate surface area is 167 Å². The van der Waals surface area contributed by atoms with Gasteiger partial charge in [0.25, 0.3) is 5.91 Å². The number of hydrogen-bond donors (Lipinski definition) is 1. The van der Waals surface area contributed by atoms with E-state index in [4.69, 9.17) is 25.8 Å². The fourth-order valence-electron chi connectivity index (χ4n) is 2.44. The molecular weight excluding hydrogens is 390 g/mol. The van der Waals surface area contributed by atoms with Crippen LogP contribution in [0, 0.1) is 13.8 Å². The minimum Gasteiger partial charge on any atom is -0.493 e. The number of thiophene rings is 1. The maximum absolute atomic E-state index is 12.7. The predicted molar refractivity (Wildman–Crippen MR) is 107 cm³/mol. The lowest BCUT2D eigenvalue weighted by molar-refractivity contribution is 0.0601. The number of methoxy groups -OCH3 is 2. The van der Waals surface area contributed by atoms with Crippen molar-refractivity contribution in [3.05, 3.63) is 38.7 Å². The van der Waals surface area contributed by atoms with Crippen molar-refractivity contribution in [3.8, 4) is 11.5 Å². The van der Waals surface area contributed by atoms with E-state index in [1.165, 1.54) is 31.6 Å². The number of carbonyl (C=O) groups is 2. The second kappa shape index (κ2) is 8.63. The lowest BCUT2D eigenvalue weighted by Gasteiger charge is -2.16. The van der Waals surface area contributed by atoms with Crippen molar-refractivity contribution in [3.63, 3.8) is 0 Å². The zero-order valence-electron chi connectivity index (χ0n) is 16.1. The summed E-state index contributed by atoms with van der Waals surface area (Å²) in [6.45, 7) is 7.42. The number of amides is 1. The van der Waals surface area contributed by atoms with Crippen molar-refractivity contribution in [1.29, 1.82) is 0 Å². The molecule has 0 radical (unpaired) electrons. The Morgan fingerprint density at radius 1 is 1.19 bits per heavy atom. The van der Waals surface area contributed by atoms with Gasteiger partial charge in [0, 0.05) is 10.4 Å². The highest BCUT2D eigenvalue weighted by molar-refractivity contribution is 7.16. The van der Waals surface area contributed by atoms with E-state index in [0.717, 1.165) is 10.4 Å². The van der Waals surface area contributed by atoms with Gasteiger partial charge in [0.2, 0.25) is 0 Å². The molecule has 0 unspecified atom stereocenters. The van der Waals surface area contributed by atoms with Crippen molar-refractivity contribution < 1.29 is 23.8 Å². The number of halogens is 1. The fourth-order valence-corrected chi connectivity index (χ4v) is 3.74. The van der Waals surface area contributed by atoms with Crippen LogP contribution in [0.1, 0.15) is 45.0 Å². The van der Waals surface area contributed by atoms with Crippen LogP contribution in [0.25, 0.3) is 0 Å². The number of rotatable bonds is 6. The number of hydrogen-bond acceptors (Lipinski definition) is 6. The van der Waals surface area contributed by atoms with Gasteiger partial charge in [-0.2, -0.15) is 0 Å².